The molecule has 0 atom stereocenters. The molecule has 0 fully saturated rings. The standard InChI is InChI=1S/C6H5ClFNO2S/c7-5-2-1-4(3-6(5)9)12(8,10)11/h1-3H,9H2. The average Bonchev–Trinajstić information content (AvgIpc) is 1.92. The summed E-state index contributed by atoms with van der Waals surface area (Å²) in [5.74, 6) is 0. The summed E-state index contributed by atoms with van der Waals surface area (Å²) in [5.41, 5.74) is 5.29. The monoisotopic (exact) mass is 209 g/mol. The Morgan fingerprint density at radius 2 is 2.00 bits per heavy atom. The van der Waals surface area contributed by atoms with E-state index in [1.807, 2.05) is 0 Å². The number of halogens is 2. The minimum absolute atomic E-state index is 0.0374. The van der Waals surface area contributed by atoms with Gasteiger partial charge in [-0.1, -0.05) is 11.6 Å². The van der Waals surface area contributed by atoms with Crippen molar-refractivity contribution in [3.63, 3.8) is 0 Å². The first kappa shape index (κ1) is 9.28. The number of rotatable bonds is 1. The summed E-state index contributed by atoms with van der Waals surface area (Å²) >= 11 is 5.49. The largest absolute Gasteiger partial charge is 0.397 e. The van der Waals surface area contributed by atoms with Crippen LogP contribution in [-0.4, -0.2) is 8.42 Å². The third-order valence-corrected chi connectivity index (χ3v) is 2.41. The van der Waals surface area contributed by atoms with Crippen LogP contribution in [0.15, 0.2) is 23.1 Å². The minimum Gasteiger partial charge on any atom is -0.397 e. The van der Waals surface area contributed by atoms with E-state index in [1.165, 1.54) is 6.07 Å². The van der Waals surface area contributed by atoms with Gasteiger partial charge in [-0.25, -0.2) is 0 Å². The molecule has 1 aromatic rings. The van der Waals surface area contributed by atoms with E-state index in [0.29, 0.717) is 0 Å². The Kier molecular flexibility index (Phi) is 2.25. The molecule has 2 N–H and O–H groups in total. The van der Waals surface area contributed by atoms with Gasteiger partial charge in [0.05, 0.1) is 10.7 Å². The number of hydrogen-bond donors (Lipinski definition) is 1. The average molecular weight is 210 g/mol. The molecule has 0 heterocycles. The molecule has 0 bridgehead atoms. The van der Waals surface area contributed by atoms with E-state index in [-0.39, 0.29) is 10.7 Å². The molecule has 0 aliphatic carbocycles. The van der Waals surface area contributed by atoms with Crippen LogP contribution in [0.3, 0.4) is 0 Å². The summed E-state index contributed by atoms with van der Waals surface area (Å²) in [7, 11) is -4.68. The summed E-state index contributed by atoms with van der Waals surface area (Å²) in [5, 5.41) is 0.197. The number of hydrogen-bond acceptors (Lipinski definition) is 3. The fraction of sp³-hybridized carbons (Fsp3) is 0. The Labute approximate surface area is 74.2 Å². The summed E-state index contributed by atoms with van der Waals surface area (Å²) in [6.07, 6.45) is 0. The number of nitrogen functional groups attached to an aromatic ring is 1. The Morgan fingerprint density at radius 3 is 2.42 bits per heavy atom. The summed E-state index contributed by atoms with van der Waals surface area (Å²) in [6, 6.07) is 3.25. The molecule has 0 spiro atoms. The summed E-state index contributed by atoms with van der Waals surface area (Å²) < 4.78 is 33.0. The number of benzene rings is 1. The van der Waals surface area contributed by atoms with Gasteiger partial charge in [0.25, 0.3) is 0 Å². The molecule has 0 saturated heterocycles. The highest BCUT2D eigenvalue weighted by Gasteiger charge is 2.12. The fourth-order valence-corrected chi connectivity index (χ4v) is 1.29. The first-order valence-electron chi connectivity index (χ1n) is 2.91. The van der Waals surface area contributed by atoms with Gasteiger partial charge in [0, 0.05) is 0 Å². The van der Waals surface area contributed by atoms with Crippen molar-refractivity contribution < 1.29 is 12.3 Å². The van der Waals surface area contributed by atoms with Crippen LogP contribution >= 0.6 is 11.6 Å². The second kappa shape index (κ2) is 2.91. The quantitative estimate of drug-likeness (QED) is 0.564. The Bertz CT molecular complexity index is 404. The van der Waals surface area contributed by atoms with E-state index in [0.717, 1.165) is 12.1 Å². The molecule has 0 aliphatic heterocycles. The summed E-state index contributed by atoms with van der Waals surface area (Å²) in [4.78, 5) is -0.482. The van der Waals surface area contributed by atoms with E-state index < -0.39 is 15.1 Å². The van der Waals surface area contributed by atoms with Crippen molar-refractivity contribution in [2.24, 2.45) is 0 Å². The summed E-state index contributed by atoms with van der Waals surface area (Å²) in [6.45, 7) is 0. The highest BCUT2D eigenvalue weighted by Crippen LogP contribution is 2.22. The lowest BCUT2D eigenvalue weighted by molar-refractivity contribution is 0.552. The SMILES string of the molecule is Nc1cc(S(=O)(=O)F)ccc1Cl. The Morgan fingerprint density at radius 1 is 1.42 bits per heavy atom. The van der Waals surface area contributed by atoms with Crippen LogP contribution in [0.1, 0.15) is 0 Å². The molecular weight excluding hydrogens is 205 g/mol. The van der Waals surface area contributed by atoms with Gasteiger partial charge >= 0.3 is 10.2 Å². The molecular formula is C6H5ClFNO2S. The lowest BCUT2D eigenvalue weighted by Crippen LogP contribution is -1.94. The van der Waals surface area contributed by atoms with Gasteiger partial charge < -0.3 is 5.73 Å². The van der Waals surface area contributed by atoms with Crippen LogP contribution in [0.5, 0.6) is 0 Å². The number of nitrogens with two attached hydrogens (primary N) is 1. The molecule has 0 amide bonds. The highest BCUT2D eigenvalue weighted by molar-refractivity contribution is 7.86. The normalized spacial score (nSPS) is 11.5. The van der Waals surface area contributed by atoms with E-state index in [1.54, 1.807) is 0 Å². The molecule has 12 heavy (non-hydrogen) atoms. The zero-order valence-electron chi connectivity index (χ0n) is 5.79. The van der Waals surface area contributed by atoms with Crippen LogP contribution in [0.2, 0.25) is 5.02 Å². The fourth-order valence-electron chi connectivity index (χ4n) is 0.673. The predicted molar refractivity (Wildman–Crippen MR) is 44.2 cm³/mol. The van der Waals surface area contributed by atoms with Gasteiger partial charge in [-0.2, -0.15) is 8.42 Å². The molecule has 0 aliphatic rings. The van der Waals surface area contributed by atoms with Gasteiger partial charge in [0.15, 0.2) is 0 Å². The van der Waals surface area contributed by atoms with Crippen LogP contribution in [-0.2, 0) is 10.2 Å². The van der Waals surface area contributed by atoms with Gasteiger partial charge in [-0.15, -0.1) is 3.89 Å². The van der Waals surface area contributed by atoms with Crippen LogP contribution in [0.4, 0.5) is 9.57 Å². The maximum Gasteiger partial charge on any atom is 0.332 e. The minimum atomic E-state index is -4.68. The van der Waals surface area contributed by atoms with E-state index >= 15 is 0 Å². The molecule has 3 nitrogen and oxygen atoms in total. The van der Waals surface area contributed by atoms with E-state index in [9.17, 15) is 12.3 Å². The lowest BCUT2D eigenvalue weighted by atomic mass is 10.3. The van der Waals surface area contributed by atoms with Crippen LogP contribution in [0.25, 0.3) is 0 Å². The lowest BCUT2D eigenvalue weighted by Gasteiger charge is -1.98. The maximum absolute atomic E-state index is 12.3. The number of anilines is 1. The Balaban J connectivity index is 3.33. The molecule has 1 aromatic carbocycles. The van der Waals surface area contributed by atoms with Crippen molar-refractivity contribution in [2.45, 2.75) is 4.90 Å². The molecule has 1 rings (SSSR count). The zero-order valence-corrected chi connectivity index (χ0v) is 7.36. The van der Waals surface area contributed by atoms with Gasteiger partial charge in [-0.3, -0.25) is 0 Å². The van der Waals surface area contributed by atoms with Crippen molar-refractivity contribution in [1.29, 1.82) is 0 Å². The molecule has 0 unspecified atom stereocenters. The molecule has 66 valence electrons. The van der Waals surface area contributed by atoms with Crippen molar-refractivity contribution in [3.05, 3.63) is 23.2 Å². The first-order chi connectivity index (χ1) is 5.41. The van der Waals surface area contributed by atoms with Crippen molar-refractivity contribution in [3.8, 4) is 0 Å². The molecule has 0 saturated carbocycles. The molecule has 0 radical (unpaired) electrons. The second-order valence-electron chi connectivity index (χ2n) is 2.12. The first-order valence-corrected chi connectivity index (χ1v) is 4.67. The Hall–Kier alpha value is -0.810. The zero-order chi connectivity index (χ0) is 9.35. The topological polar surface area (TPSA) is 60.2 Å². The molecule has 6 heteroatoms. The second-order valence-corrected chi connectivity index (χ2v) is 3.88. The highest BCUT2D eigenvalue weighted by atomic mass is 35.5. The van der Waals surface area contributed by atoms with E-state index in [2.05, 4.69) is 0 Å². The predicted octanol–water partition coefficient (Wildman–Crippen LogP) is 1.58. The van der Waals surface area contributed by atoms with Crippen molar-refractivity contribution >= 4 is 27.5 Å². The van der Waals surface area contributed by atoms with Gasteiger partial charge in [0.2, 0.25) is 0 Å². The van der Waals surface area contributed by atoms with Gasteiger partial charge in [-0.05, 0) is 18.2 Å². The van der Waals surface area contributed by atoms with Crippen molar-refractivity contribution in [1.82, 2.24) is 0 Å². The smallest absolute Gasteiger partial charge is 0.332 e. The van der Waals surface area contributed by atoms with Crippen LogP contribution < -0.4 is 5.73 Å². The maximum atomic E-state index is 12.3. The van der Waals surface area contributed by atoms with Crippen molar-refractivity contribution in [2.75, 3.05) is 5.73 Å². The third kappa shape index (κ3) is 1.86. The van der Waals surface area contributed by atoms with Crippen LogP contribution in [0, 0.1) is 0 Å². The molecule has 0 aromatic heterocycles. The van der Waals surface area contributed by atoms with E-state index in [4.69, 9.17) is 17.3 Å². The third-order valence-electron chi connectivity index (χ3n) is 1.25. The van der Waals surface area contributed by atoms with Gasteiger partial charge in [0.1, 0.15) is 4.90 Å².